The molecule has 0 saturated carbocycles. The molecule has 4 heteroatoms. The number of pyridine rings is 1. The zero-order valence-corrected chi connectivity index (χ0v) is 10.2. The van der Waals surface area contributed by atoms with Crippen LogP contribution in [0, 0.1) is 6.92 Å². The van der Waals surface area contributed by atoms with E-state index in [1.807, 2.05) is 28.9 Å². The van der Waals surface area contributed by atoms with Crippen LogP contribution in [0.5, 0.6) is 0 Å². The first kappa shape index (κ1) is 9.87. The molecule has 0 unspecified atom stereocenters. The highest BCUT2D eigenvalue weighted by Crippen LogP contribution is 2.27. The normalized spacial score (nSPS) is 11.1. The number of aromatic nitrogens is 2. The first-order chi connectivity index (χ1) is 7.74. The van der Waals surface area contributed by atoms with Gasteiger partial charge in [-0.3, -0.25) is 4.40 Å². The van der Waals surface area contributed by atoms with Gasteiger partial charge in [0.25, 0.3) is 0 Å². The van der Waals surface area contributed by atoms with E-state index in [1.165, 1.54) is 9.75 Å². The van der Waals surface area contributed by atoms with Crippen LogP contribution in [0.15, 0.2) is 36.7 Å². The average Bonchev–Trinajstić information content (AvgIpc) is 2.83. The summed E-state index contributed by atoms with van der Waals surface area (Å²) in [7, 11) is 0. The zero-order valence-electron chi connectivity index (χ0n) is 8.64. The van der Waals surface area contributed by atoms with Crippen molar-refractivity contribution in [2.24, 2.45) is 0 Å². The highest BCUT2D eigenvalue weighted by atomic mass is 35.5. The molecule has 0 bridgehead atoms. The molecule has 3 aromatic heterocycles. The Labute approximate surface area is 102 Å². The fourth-order valence-electron chi connectivity index (χ4n) is 1.70. The molecule has 0 aliphatic rings. The Hall–Kier alpha value is -1.32. The maximum absolute atomic E-state index is 6.00. The Bertz CT molecular complexity index is 654. The van der Waals surface area contributed by atoms with Crippen molar-refractivity contribution in [1.82, 2.24) is 9.38 Å². The molecule has 2 nitrogen and oxygen atoms in total. The van der Waals surface area contributed by atoms with Crippen molar-refractivity contribution in [3.05, 3.63) is 46.6 Å². The molecular weight excluding hydrogens is 240 g/mol. The number of rotatable bonds is 1. The monoisotopic (exact) mass is 248 g/mol. The standard InChI is InChI=1S/C12H9ClN2S/c1-8-2-5-11(16-8)12-14-6-10-4-3-9(13)7-15(10)12/h2-7H,1H3. The lowest BCUT2D eigenvalue weighted by atomic mass is 10.4. The van der Waals surface area contributed by atoms with Crippen LogP contribution in [0.2, 0.25) is 5.02 Å². The Balaban J connectivity index is 2.27. The van der Waals surface area contributed by atoms with Gasteiger partial charge in [-0.25, -0.2) is 4.98 Å². The third-order valence-corrected chi connectivity index (χ3v) is 3.67. The number of imidazole rings is 1. The van der Waals surface area contributed by atoms with Crippen LogP contribution < -0.4 is 0 Å². The summed E-state index contributed by atoms with van der Waals surface area (Å²) in [4.78, 5) is 6.89. The summed E-state index contributed by atoms with van der Waals surface area (Å²) >= 11 is 7.73. The third kappa shape index (κ3) is 1.52. The van der Waals surface area contributed by atoms with Gasteiger partial charge in [-0.05, 0) is 31.2 Å². The van der Waals surface area contributed by atoms with E-state index in [-0.39, 0.29) is 0 Å². The molecule has 80 valence electrons. The van der Waals surface area contributed by atoms with Crippen LogP contribution in [0.25, 0.3) is 16.2 Å². The molecule has 3 heterocycles. The molecule has 0 radical (unpaired) electrons. The molecule has 0 aromatic carbocycles. The minimum Gasteiger partial charge on any atom is -0.298 e. The van der Waals surface area contributed by atoms with Gasteiger partial charge >= 0.3 is 0 Å². The van der Waals surface area contributed by atoms with Crippen LogP contribution in [-0.2, 0) is 0 Å². The number of nitrogens with zero attached hydrogens (tertiary/aromatic N) is 2. The third-order valence-electron chi connectivity index (χ3n) is 2.45. The molecule has 0 aliphatic heterocycles. The highest BCUT2D eigenvalue weighted by Gasteiger charge is 2.08. The first-order valence-corrected chi connectivity index (χ1v) is 6.13. The molecule has 0 N–H and O–H groups in total. The topological polar surface area (TPSA) is 17.3 Å². The SMILES string of the molecule is Cc1ccc(-c2ncc3ccc(Cl)cn23)s1. The zero-order chi connectivity index (χ0) is 11.1. The predicted octanol–water partition coefficient (Wildman–Crippen LogP) is 4.02. The molecule has 0 atom stereocenters. The van der Waals surface area contributed by atoms with Gasteiger partial charge in [-0.2, -0.15) is 0 Å². The van der Waals surface area contributed by atoms with E-state index in [4.69, 9.17) is 11.6 Å². The molecule has 0 spiro atoms. The fraction of sp³-hybridized carbons (Fsp3) is 0.0833. The molecule has 3 rings (SSSR count). The number of hydrogen-bond acceptors (Lipinski definition) is 2. The van der Waals surface area contributed by atoms with Gasteiger partial charge in [0, 0.05) is 11.1 Å². The maximum atomic E-state index is 6.00. The lowest BCUT2D eigenvalue weighted by molar-refractivity contribution is 1.17. The molecular formula is C12H9ClN2S. The number of hydrogen-bond donors (Lipinski definition) is 0. The van der Waals surface area contributed by atoms with Crippen LogP contribution in [-0.4, -0.2) is 9.38 Å². The van der Waals surface area contributed by atoms with Crippen molar-refractivity contribution in [1.29, 1.82) is 0 Å². The molecule has 0 aliphatic carbocycles. The van der Waals surface area contributed by atoms with Gasteiger partial charge in [-0.15, -0.1) is 11.3 Å². The van der Waals surface area contributed by atoms with Crippen LogP contribution in [0.3, 0.4) is 0 Å². The number of thiophene rings is 1. The van der Waals surface area contributed by atoms with E-state index in [9.17, 15) is 0 Å². The Morgan fingerprint density at radius 3 is 2.88 bits per heavy atom. The van der Waals surface area contributed by atoms with Crippen molar-refractivity contribution in [2.75, 3.05) is 0 Å². The maximum Gasteiger partial charge on any atom is 0.154 e. The Kier molecular flexibility index (Phi) is 2.23. The summed E-state index contributed by atoms with van der Waals surface area (Å²) in [6.45, 7) is 2.09. The average molecular weight is 249 g/mol. The van der Waals surface area contributed by atoms with Gasteiger partial charge < -0.3 is 0 Å². The van der Waals surface area contributed by atoms with Crippen molar-refractivity contribution in [3.63, 3.8) is 0 Å². The van der Waals surface area contributed by atoms with Crippen LogP contribution in [0.4, 0.5) is 0 Å². The number of halogens is 1. The Morgan fingerprint density at radius 2 is 2.12 bits per heavy atom. The Morgan fingerprint density at radius 1 is 1.25 bits per heavy atom. The molecule has 0 amide bonds. The van der Waals surface area contributed by atoms with Crippen LogP contribution in [0.1, 0.15) is 4.88 Å². The minimum atomic E-state index is 0.722. The van der Waals surface area contributed by atoms with Crippen molar-refractivity contribution < 1.29 is 0 Å². The van der Waals surface area contributed by atoms with Gasteiger partial charge in [0.2, 0.25) is 0 Å². The van der Waals surface area contributed by atoms with Gasteiger partial charge in [0.1, 0.15) is 0 Å². The molecule has 16 heavy (non-hydrogen) atoms. The lowest BCUT2D eigenvalue weighted by Gasteiger charge is -1.98. The predicted molar refractivity (Wildman–Crippen MR) is 68.3 cm³/mol. The van der Waals surface area contributed by atoms with Crippen molar-refractivity contribution >= 4 is 28.5 Å². The quantitative estimate of drug-likeness (QED) is 0.636. The summed E-state index contributed by atoms with van der Waals surface area (Å²) in [5.74, 6) is 0.954. The number of fused-ring (bicyclic) bond motifs is 1. The summed E-state index contributed by atoms with van der Waals surface area (Å²) < 4.78 is 2.02. The van der Waals surface area contributed by atoms with Crippen molar-refractivity contribution in [2.45, 2.75) is 6.92 Å². The largest absolute Gasteiger partial charge is 0.298 e. The lowest BCUT2D eigenvalue weighted by Crippen LogP contribution is -1.86. The molecule has 0 fully saturated rings. The minimum absolute atomic E-state index is 0.722. The van der Waals surface area contributed by atoms with Crippen LogP contribution >= 0.6 is 22.9 Å². The summed E-state index contributed by atoms with van der Waals surface area (Å²) in [5, 5.41) is 0.722. The van der Waals surface area contributed by atoms with E-state index in [0.29, 0.717) is 0 Å². The summed E-state index contributed by atoms with van der Waals surface area (Å²) in [6, 6.07) is 8.04. The van der Waals surface area contributed by atoms with E-state index in [2.05, 4.69) is 24.0 Å². The molecule has 3 aromatic rings. The fourth-order valence-corrected chi connectivity index (χ4v) is 2.72. The second-order valence-corrected chi connectivity index (χ2v) is 5.36. The smallest absolute Gasteiger partial charge is 0.154 e. The van der Waals surface area contributed by atoms with E-state index >= 15 is 0 Å². The second-order valence-electron chi connectivity index (χ2n) is 3.63. The highest BCUT2D eigenvalue weighted by molar-refractivity contribution is 7.15. The van der Waals surface area contributed by atoms with Crippen molar-refractivity contribution in [3.8, 4) is 10.7 Å². The van der Waals surface area contributed by atoms with Gasteiger partial charge in [0.05, 0.1) is 21.6 Å². The molecule has 0 saturated heterocycles. The van der Waals surface area contributed by atoms with E-state index < -0.39 is 0 Å². The summed E-state index contributed by atoms with van der Waals surface area (Å²) in [5.41, 5.74) is 1.06. The summed E-state index contributed by atoms with van der Waals surface area (Å²) in [6.07, 6.45) is 3.76. The second kappa shape index (κ2) is 3.61. The van der Waals surface area contributed by atoms with E-state index in [1.54, 1.807) is 11.3 Å². The van der Waals surface area contributed by atoms with Gasteiger partial charge in [0.15, 0.2) is 5.82 Å². The van der Waals surface area contributed by atoms with E-state index in [0.717, 1.165) is 16.4 Å². The first-order valence-electron chi connectivity index (χ1n) is 4.93. The van der Waals surface area contributed by atoms with Gasteiger partial charge in [-0.1, -0.05) is 11.6 Å². The number of aryl methyl sites for hydroxylation is 1.